The molecule has 0 radical (unpaired) electrons. The maximum Gasteiger partial charge on any atom is 0.471 e. The maximum absolute atomic E-state index is 12.8. The van der Waals surface area contributed by atoms with Crippen LogP contribution in [0.1, 0.15) is 11.7 Å². The second-order valence-corrected chi connectivity index (χ2v) is 7.00. The lowest BCUT2D eigenvalue weighted by atomic mass is 10.1. The van der Waals surface area contributed by atoms with Crippen molar-refractivity contribution >= 4 is 11.0 Å². The molecule has 0 aromatic carbocycles. The van der Waals surface area contributed by atoms with Gasteiger partial charge >= 0.3 is 12.1 Å². The van der Waals surface area contributed by atoms with Crippen molar-refractivity contribution < 1.29 is 17.7 Å². The highest BCUT2D eigenvalue weighted by molar-refractivity contribution is 5.89. The molecule has 5 heterocycles. The minimum atomic E-state index is -4.72. The van der Waals surface area contributed by atoms with E-state index in [1.807, 2.05) is 34.6 Å². The summed E-state index contributed by atoms with van der Waals surface area (Å²) in [5, 5.41) is 8.12. The van der Waals surface area contributed by atoms with Crippen molar-refractivity contribution in [3.05, 3.63) is 60.8 Å². The van der Waals surface area contributed by atoms with Crippen LogP contribution < -0.4 is 0 Å². The first-order chi connectivity index (χ1) is 15.4. The predicted molar refractivity (Wildman–Crippen MR) is 106 cm³/mol. The molecule has 0 amide bonds. The van der Waals surface area contributed by atoms with E-state index in [0.29, 0.717) is 35.4 Å². The topological polar surface area (TPSA) is 100 Å². The molecule has 0 aliphatic rings. The molecule has 0 aliphatic heterocycles. The third-order valence-electron chi connectivity index (χ3n) is 4.91. The molecule has 9 nitrogen and oxygen atoms in total. The van der Waals surface area contributed by atoms with Crippen molar-refractivity contribution in [2.45, 2.75) is 19.1 Å². The minimum Gasteiger partial charge on any atom is -0.338 e. The van der Waals surface area contributed by atoms with Gasteiger partial charge in [0.1, 0.15) is 17.0 Å². The number of imidazole rings is 1. The SMILES string of the molecule is Cn1ccnc1CCn1nc(-c2cc(-c3noc(C(F)(F)F)n3)ccn2)c2ncccc21. The van der Waals surface area contributed by atoms with Crippen LogP contribution in [0.3, 0.4) is 0 Å². The largest absolute Gasteiger partial charge is 0.471 e. The number of hydrogen-bond acceptors (Lipinski definition) is 7. The van der Waals surface area contributed by atoms with Crippen LogP contribution in [0, 0.1) is 0 Å². The Morgan fingerprint density at radius 2 is 1.94 bits per heavy atom. The van der Waals surface area contributed by atoms with Gasteiger partial charge in [0.2, 0.25) is 5.82 Å². The number of aryl methyl sites for hydroxylation is 3. The molecule has 32 heavy (non-hydrogen) atoms. The van der Waals surface area contributed by atoms with Crippen LogP contribution in [0.25, 0.3) is 33.8 Å². The molecule has 0 N–H and O–H groups in total. The molecular formula is C20H15F3N8O. The summed E-state index contributed by atoms with van der Waals surface area (Å²) in [4.78, 5) is 16.5. The number of pyridine rings is 2. The maximum atomic E-state index is 12.8. The first kappa shape index (κ1) is 19.8. The Bertz CT molecular complexity index is 1400. The number of nitrogens with zero attached hydrogens (tertiary/aromatic N) is 8. The van der Waals surface area contributed by atoms with Gasteiger partial charge in [-0.2, -0.15) is 23.3 Å². The van der Waals surface area contributed by atoms with Crippen LogP contribution in [0.2, 0.25) is 0 Å². The predicted octanol–water partition coefficient (Wildman–Crippen LogP) is 3.54. The van der Waals surface area contributed by atoms with E-state index in [2.05, 4.69) is 34.7 Å². The Labute approximate surface area is 178 Å². The van der Waals surface area contributed by atoms with E-state index in [4.69, 9.17) is 0 Å². The lowest BCUT2D eigenvalue weighted by molar-refractivity contribution is -0.159. The quantitative estimate of drug-likeness (QED) is 0.412. The summed E-state index contributed by atoms with van der Waals surface area (Å²) in [7, 11) is 1.92. The second kappa shape index (κ2) is 7.55. The Balaban J connectivity index is 1.52. The molecule has 0 spiro atoms. The Morgan fingerprint density at radius 3 is 2.69 bits per heavy atom. The van der Waals surface area contributed by atoms with E-state index < -0.39 is 12.1 Å². The fraction of sp³-hybridized carbons (Fsp3) is 0.200. The number of aromatic nitrogens is 8. The molecular weight excluding hydrogens is 425 g/mol. The lowest BCUT2D eigenvalue weighted by Crippen LogP contribution is -2.07. The molecule has 5 rings (SSSR count). The molecule has 0 bridgehead atoms. The summed E-state index contributed by atoms with van der Waals surface area (Å²) >= 11 is 0. The van der Waals surface area contributed by atoms with E-state index in [1.54, 1.807) is 18.5 Å². The normalized spacial score (nSPS) is 12.0. The molecule has 0 aliphatic carbocycles. The standard InChI is InChI=1S/C20H15F3N8O/c1-30-10-8-25-15(30)5-9-31-14-3-2-6-26-17(14)16(28-31)13-11-12(4-7-24-13)18-27-19(32-29-18)20(21,22)23/h2-4,6-8,10-11H,5,9H2,1H3. The summed E-state index contributed by atoms with van der Waals surface area (Å²) < 4.78 is 46.5. The van der Waals surface area contributed by atoms with Gasteiger partial charge in [-0.15, -0.1) is 0 Å². The van der Waals surface area contributed by atoms with Crippen LogP contribution in [-0.4, -0.2) is 39.4 Å². The minimum absolute atomic E-state index is 0.188. The highest BCUT2D eigenvalue weighted by atomic mass is 19.4. The average Bonchev–Trinajstić information content (AvgIpc) is 3.51. The van der Waals surface area contributed by atoms with Crippen molar-refractivity contribution in [3.8, 4) is 22.8 Å². The van der Waals surface area contributed by atoms with Crippen molar-refractivity contribution in [1.82, 2.24) is 39.4 Å². The van der Waals surface area contributed by atoms with E-state index >= 15 is 0 Å². The Kier molecular flexibility index (Phi) is 4.68. The van der Waals surface area contributed by atoms with Crippen LogP contribution in [0.5, 0.6) is 0 Å². The highest BCUT2D eigenvalue weighted by Gasteiger charge is 2.38. The van der Waals surface area contributed by atoms with Crippen LogP contribution in [0.15, 0.2) is 53.6 Å². The third kappa shape index (κ3) is 3.59. The van der Waals surface area contributed by atoms with E-state index in [-0.39, 0.29) is 5.82 Å². The summed E-state index contributed by atoms with van der Waals surface area (Å²) in [6.45, 7) is 0.562. The van der Waals surface area contributed by atoms with Gasteiger partial charge in [-0.05, 0) is 24.3 Å². The summed E-state index contributed by atoms with van der Waals surface area (Å²) in [6.07, 6.45) is 2.66. The van der Waals surface area contributed by atoms with Gasteiger partial charge in [-0.3, -0.25) is 14.6 Å². The van der Waals surface area contributed by atoms with Gasteiger partial charge in [-0.25, -0.2) is 4.98 Å². The zero-order chi connectivity index (χ0) is 22.3. The summed E-state index contributed by atoms with van der Waals surface area (Å²) in [5.41, 5.74) is 2.69. The monoisotopic (exact) mass is 440 g/mol. The fourth-order valence-electron chi connectivity index (χ4n) is 3.35. The summed E-state index contributed by atoms with van der Waals surface area (Å²) in [6, 6.07) is 6.77. The van der Waals surface area contributed by atoms with Crippen molar-refractivity contribution in [2.75, 3.05) is 0 Å². The fourth-order valence-corrected chi connectivity index (χ4v) is 3.35. The van der Waals surface area contributed by atoms with Crippen molar-refractivity contribution in [2.24, 2.45) is 7.05 Å². The molecule has 5 aromatic heterocycles. The first-order valence-electron chi connectivity index (χ1n) is 9.55. The van der Waals surface area contributed by atoms with Gasteiger partial charge in [0.05, 0.1) is 11.2 Å². The molecule has 0 fully saturated rings. The van der Waals surface area contributed by atoms with Crippen LogP contribution in [0.4, 0.5) is 13.2 Å². The molecule has 0 saturated carbocycles. The van der Waals surface area contributed by atoms with Gasteiger partial charge in [0.15, 0.2) is 0 Å². The smallest absolute Gasteiger partial charge is 0.338 e. The molecule has 12 heteroatoms. The zero-order valence-corrected chi connectivity index (χ0v) is 16.7. The van der Waals surface area contributed by atoms with E-state index in [1.165, 1.54) is 12.3 Å². The van der Waals surface area contributed by atoms with Crippen molar-refractivity contribution in [3.63, 3.8) is 0 Å². The molecule has 0 saturated heterocycles. The van der Waals surface area contributed by atoms with Gasteiger partial charge in [-0.1, -0.05) is 5.16 Å². The van der Waals surface area contributed by atoms with E-state index in [0.717, 1.165) is 11.3 Å². The molecule has 0 atom stereocenters. The lowest BCUT2D eigenvalue weighted by Gasteiger charge is -2.03. The number of hydrogen-bond donors (Lipinski definition) is 0. The number of alkyl halides is 3. The van der Waals surface area contributed by atoms with Crippen LogP contribution >= 0.6 is 0 Å². The Morgan fingerprint density at radius 1 is 1.06 bits per heavy atom. The zero-order valence-electron chi connectivity index (χ0n) is 16.7. The Hall–Kier alpha value is -4.09. The summed E-state index contributed by atoms with van der Waals surface area (Å²) in [5.74, 6) is -0.680. The number of fused-ring (bicyclic) bond motifs is 1. The first-order valence-corrected chi connectivity index (χ1v) is 9.55. The van der Waals surface area contributed by atoms with Gasteiger partial charge in [0, 0.05) is 50.4 Å². The van der Waals surface area contributed by atoms with Gasteiger partial charge in [0.25, 0.3) is 0 Å². The molecule has 5 aromatic rings. The average molecular weight is 440 g/mol. The second-order valence-electron chi connectivity index (χ2n) is 7.00. The van der Waals surface area contributed by atoms with Crippen LogP contribution in [-0.2, 0) is 26.2 Å². The van der Waals surface area contributed by atoms with Crippen molar-refractivity contribution in [1.29, 1.82) is 0 Å². The number of rotatable bonds is 5. The molecule has 162 valence electrons. The van der Waals surface area contributed by atoms with Gasteiger partial charge < -0.3 is 9.09 Å². The molecule has 0 unspecified atom stereocenters. The highest BCUT2D eigenvalue weighted by Crippen LogP contribution is 2.31. The third-order valence-corrected chi connectivity index (χ3v) is 4.91. The number of halogens is 3. The van der Waals surface area contributed by atoms with E-state index in [9.17, 15) is 13.2 Å².